The molecule has 2 aromatic rings. The summed E-state index contributed by atoms with van der Waals surface area (Å²) in [6.07, 6.45) is 4.32. The average molecular weight is 330 g/mol. The Kier molecular flexibility index (Phi) is 4.94. The zero-order chi connectivity index (χ0) is 17.1. The first-order valence-corrected chi connectivity index (χ1v) is 8.47. The zero-order valence-electron chi connectivity index (χ0n) is 13.9. The standard InChI is InChI=1S/C18H23FN4O/c1-12-7-8-16(14(19)11-12)23-15-6-4-5-13(15)17(22-23)18(24)21-10-3-2-9-20/h7-8,11H,2-6,9-10,20H2,1H3,(H,21,24). The molecule has 128 valence electrons. The third-order valence-corrected chi connectivity index (χ3v) is 4.39. The van der Waals surface area contributed by atoms with Crippen LogP contribution in [0.25, 0.3) is 5.69 Å². The van der Waals surface area contributed by atoms with Crippen molar-refractivity contribution >= 4 is 5.91 Å². The van der Waals surface area contributed by atoms with Crippen LogP contribution in [0.15, 0.2) is 18.2 Å². The third kappa shape index (κ3) is 3.19. The molecule has 0 fully saturated rings. The van der Waals surface area contributed by atoms with Crippen molar-refractivity contribution in [3.05, 3.63) is 46.5 Å². The molecule has 1 aromatic heterocycles. The molecule has 0 atom stereocenters. The minimum absolute atomic E-state index is 0.184. The molecular formula is C18H23FN4O. The van der Waals surface area contributed by atoms with E-state index in [4.69, 9.17) is 5.73 Å². The van der Waals surface area contributed by atoms with Crippen molar-refractivity contribution in [3.63, 3.8) is 0 Å². The largest absolute Gasteiger partial charge is 0.351 e. The monoisotopic (exact) mass is 330 g/mol. The molecule has 3 N–H and O–H groups in total. The number of aryl methyl sites for hydroxylation is 1. The second-order valence-electron chi connectivity index (χ2n) is 6.25. The van der Waals surface area contributed by atoms with Gasteiger partial charge in [0, 0.05) is 17.8 Å². The van der Waals surface area contributed by atoms with Gasteiger partial charge in [-0.1, -0.05) is 6.07 Å². The van der Waals surface area contributed by atoms with Crippen LogP contribution in [0.4, 0.5) is 4.39 Å². The Morgan fingerprint density at radius 3 is 2.96 bits per heavy atom. The second kappa shape index (κ2) is 7.13. The minimum Gasteiger partial charge on any atom is -0.351 e. The van der Waals surface area contributed by atoms with Crippen molar-refractivity contribution in [2.45, 2.75) is 39.0 Å². The van der Waals surface area contributed by atoms with Crippen molar-refractivity contribution in [3.8, 4) is 5.69 Å². The molecule has 3 rings (SSSR count). The van der Waals surface area contributed by atoms with Gasteiger partial charge in [0.15, 0.2) is 5.69 Å². The summed E-state index contributed by atoms with van der Waals surface area (Å²) in [5.74, 6) is -0.501. The number of carbonyl (C=O) groups is 1. The van der Waals surface area contributed by atoms with Crippen LogP contribution in [0.5, 0.6) is 0 Å². The van der Waals surface area contributed by atoms with Gasteiger partial charge in [-0.15, -0.1) is 0 Å². The maximum absolute atomic E-state index is 14.3. The van der Waals surface area contributed by atoms with Crippen LogP contribution in [-0.4, -0.2) is 28.8 Å². The van der Waals surface area contributed by atoms with Gasteiger partial charge in [0.1, 0.15) is 11.5 Å². The minimum atomic E-state index is -0.317. The molecule has 0 aliphatic heterocycles. The smallest absolute Gasteiger partial charge is 0.272 e. The first-order valence-electron chi connectivity index (χ1n) is 8.47. The quantitative estimate of drug-likeness (QED) is 0.798. The van der Waals surface area contributed by atoms with Gasteiger partial charge in [-0.25, -0.2) is 9.07 Å². The highest BCUT2D eigenvalue weighted by Gasteiger charge is 2.27. The van der Waals surface area contributed by atoms with Gasteiger partial charge in [0.2, 0.25) is 0 Å². The lowest BCUT2D eigenvalue weighted by Crippen LogP contribution is -2.26. The van der Waals surface area contributed by atoms with E-state index in [1.165, 1.54) is 6.07 Å². The first kappa shape index (κ1) is 16.6. The summed E-state index contributed by atoms with van der Waals surface area (Å²) in [7, 11) is 0. The second-order valence-corrected chi connectivity index (χ2v) is 6.25. The number of nitrogens with zero attached hydrogens (tertiary/aromatic N) is 2. The van der Waals surface area contributed by atoms with Crippen LogP contribution in [-0.2, 0) is 12.8 Å². The van der Waals surface area contributed by atoms with E-state index in [0.29, 0.717) is 24.5 Å². The summed E-state index contributed by atoms with van der Waals surface area (Å²) >= 11 is 0. The molecule has 5 nitrogen and oxygen atoms in total. The lowest BCUT2D eigenvalue weighted by Gasteiger charge is -2.07. The van der Waals surface area contributed by atoms with Crippen LogP contribution in [0.3, 0.4) is 0 Å². The summed E-state index contributed by atoms with van der Waals surface area (Å²) in [6.45, 7) is 3.05. The fourth-order valence-corrected chi connectivity index (χ4v) is 3.16. The molecule has 0 radical (unpaired) electrons. The molecular weight excluding hydrogens is 307 g/mol. The topological polar surface area (TPSA) is 72.9 Å². The van der Waals surface area contributed by atoms with Gasteiger partial charge in [0.25, 0.3) is 5.91 Å². The van der Waals surface area contributed by atoms with Crippen molar-refractivity contribution in [1.29, 1.82) is 0 Å². The third-order valence-electron chi connectivity index (χ3n) is 4.39. The number of hydrogen-bond acceptors (Lipinski definition) is 3. The molecule has 0 bridgehead atoms. The Hall–Kier alpha value is -2.21. The highest BCUT2D eigenvalue weighted by molar-refractivity contribution is 5.94. The fourth-order valence-electron chi connectivity index (χ4n) is 3.16. The SMILES string of the molecule is Cc1ccc(-n2nc(C(=O)NCCCCN)c3c2CCC3)c(F)c1. The van der Waals surface area contributed by atoms with E-state index in [0.717, 1.165) is 48.9 Å². The molecule has 0 spiro atoms. The molecule has 0 saturated carbocycles. The van der Waals surface area contributed by atoms with Crippen LogP contribution >= 0.6 is 0 Å². The van der Waals surface area contributed by atoms with E-state index < -0.39 is 0 Å². The Bertz CT molecular complexity index is 754. The number of benzene rings is 1. The number of rotatable bonds is 6. The maximum Gasteiger partial charge on any atom is 0.272 e. The number of hydrogen-bond donors (Lipinski definition) is 2. The molecule has 0 saturated heterocycles. The van der Waals surface area contributed by atoms with E-state index in [2.05, 4.69) is 10.4 Å². The van der Waals surface area contributed by atoms with Crippen molar-refractivity contribution in [1.82, 2.24) is 15.1 Å². The van der Waals surface area contributed by atoms with Crippen molar-refractivity contribution < 1.29 is 9.18 Å². The lowest BCUT2D eigenvalue weighted by molar-refractivity contribution is 0.0946. The predicted molar refractivity (Wildman–Crippen MR) is 90.9 cm³/mol. The Morgan fingerprint density at radius 2 is 2.21 bits per heavy atom. The van der Waals surface area contributed by atoms with Gasteiger partial charge in [0.05, 0.1) is 0 Å². The van der Waals surface area contributed by atoms with Crippen molar-refractivity contribution in [2.75, 3.05) is 13.1 Å². The van der Waals surface area contributed by atoms with Crippen LogP contribution in [0.1, 0.15) is 46.6 Å². The number of amides is 1. The van der Waals surface area contributed by atoms with Gasteiger partial charge in [-0.2, -0.15) is 5.10 Å². The molecule has 0 unspecified atom stereocenters. The molecule has 1 aliphatic carbocycles. The predicted octanol–water partition coefficient (Wildman–Crippen LogP) is 2.28. The van der Waals surface area contributed by atoms with E-state index in [9.17, 15) is 9.18 Å². The van der Waals surface area contributed by atoms with E-state index in [1.807, 2.05) is 13.0 Å². The van der Waals surface area contributed by atoms with Crippen LogP contribution in [0.2, 0.25) is 0 Å². The Morgan fingerprint density at radius 1 is 1.38 bits per heavy atom. The molecule has 24 heavy (non-hydrogen) atoms. The summed E-state index contributed by atoms with van der Waals surface area (Å²) in [5, 5.41) is 7.32. The lowest BCUT2D eigenvalue weighted by atomic mass is 10.2. The number of nitrogens with one attached hydrogen (secondary N) is 1. The van der Waals surface area contributed by atoms with E-state index in [1.54, 1.807) is 10.7 Å². The number of unbranched alkanes of at least 4 members (excludes halogenated alkanes) is 1. The maximum atomic E-state index is 14.3. The number of halogens is 1. The fraction of sp³-hybridized carbons (Fsp3) is 0.444. The number of nitrogens with two attached hydrogens (primary N) is 1. The Balaban J connectivity index is 1.89. The Labute approximate surface area is 141 Å². The van der Waals surface area contributed by atoms with Gasteiger partial charge in [-0.05, 0) is 63.3 Å². The van der Waals surface area contributed by atoms with Gasteiger partial charge < -0.3 is 11.1 Å². The summed E-state index contributed by atoms with van der Waals surface area (Å²) < 4.78 is 15.9. The summed E-state index contributed by atoms with van der Waals surface area (Å²) in [6, 6.07) is 5.07. The highest BCUT2D eigenvalue weighted by atomic mass is 19.1. The molecule has 1 heterocycles. The molecule has 1 aromatic carbocycles. The average Bonchev–Trinajstić information content (AvgIpc) is 3.14. The first-order chi connectivity index (χ1) is 11.6. The van der Waals surface area contributed by atoms with E-state index in [-0.39, 0.29) is 11.7 Å². The summed E-state index contributed by atoms with van der Waals surface area (Å²) in [5.41, 5.74) is 9.05. The number of fused-ring (bicyclic) bond motifs is 1. The normalized spacial score (nSPS) is 13.1. The number of carbonyl (C=O) groups excluding carboxylic acids is 1. The summed E-state index contributed by atoms with van der Waals surface area (Å²) in [4.78, 5) is 12.4. The highest BCUT2D eigenvalue weighted by Crippen LogP contribution is 2.28. The molecule has 1 aliphatic rings. The van der Waals surface area contributed by atoms with Gasteiger partial charge >= 0.3 is 0 Å². The molecule has 6 heteroatoms. The van der Waals surface area contributed by atoms with E-state index >= 15 is 0 Å². The number of aromatic nitrogens is 2. The zero-order valence-corrected chi connectivity index (χ0v) is 13.9. The molecule has 1 amide bonds. The van der Waals surface area contributed by atoms with Crippen LogP contribution in [0, 0.1) is 12.7 Å². The van der Waals surface area contributed by atoms with Crippen LogP contribution < -0.4 is 11.1 Å². The van der Waals surface area contributed by atoms with Crippen molar-refractivity contribution in [2.24, 2.45) is 5.73 Å². The van der Waals surface area contributed by atoms with Gasteiger partial charge in [-0.3, -0.25) is 4.79 Å².